The highest BCUT2D eigenvalue weighted by atomic mass is 79.9. The van der Waals surface area contributed by atoms with Gasteiger partial charge in [-0.05, 0) is 24.0 Å². The SMILES string of the molecule is C=C(Br)[C@H]1C(=O)CCCc2ccccc21. The van der Waals surface area contributed by atoms with Crippen molar-refractivity contribution in [2.75, 3.05) is 0 Å². The lowest BCUT2D eigenvalue weighted by Crippen LogP contribution is -2.11. The zero-order chi connectivity index (χ0) is 10.8. The summed E-state index contributed by atoms with van der Waals surface area (Å²) in [5.41, 5.74) is 2.41. The number of Topliss-reactive ketones (excluding diaryl/α,β-unsaturated/α-hetero) is 1. The minimum atomic E-state index is -0.149. The van der Waals surface area contributed by atoms with Crippen LogP contribution in [0, 0.1) is 0 Å². The van der Waals surface area contributed by atoms with Gasteiger partial charge in [0.05, 0.1) is 5.92 Å². The number of aryl methyl sites for hydroxylation is 1. The summed E-state index contributed by atoms with van der Waals surface area (Å²) in [5, 5.41) is 0. The minimum Gasteiger partial charge on any atom is -0.299 e. The molecule has 78 valence electrons. The summed E-state index contributed by atoms with van der Waals surface area (Å²) in [4.78, 5) is 11.9. The van der Waals surface area contributed by atoms with Crippen molar-refractivity contribution in [2.45, 2.75) is 25.2 Å². The monoisotopic (exact) mass is 264 g/mol. The molecule has 0 N–H and O–H groups in total. The fourth-order valence-corrected chi connectivity index (χ4v) is 2.66. The van der Waals surface area contributed by atoms with Gasteiger partial charge in [-0.25, -0.2) is 0 Å². The highest BCUT2D eigenvalue weighted by Gasteiger charge is 2.26. The van der Waals surface area contributed by atoms with Crippen LogP contribution in [0.3, 0.4) is 0 Å². The van der Waals surface area contributed by atoms with Crippen LogP contribution in [0.2, 0.25) is 0 Å². The molecule has 15 heavy (non-hydrogen) atoms. The van der Waals surface area contributed by atoms with Gasteiger partial charge in [-0.2, -0.15) is 0 Å². The van der Waals surface area contributed by atoms with Crippen LogP contribution in [0.4, 0.5) is 0 Å². The standard InChI is InChI=1S/C13H13BrO/c1-9(14)13-11-7-3-2-5-10(11)6-4-8-12(13)15/h2-3,5,7,13H,1,4,6,8H2/t13-/m1/s1. The Hall–Kier alpha value is -0.890. The quantitative estimate of drug-likeness (QED) is 0.709. The Balaban J connectivity index is 2.52. The second-order valence-corrected chi connectivity index (χ2v) is 4.92. The summed E-state index contributed by atoms with van der Waals surface area (Å²) in [6, 6.07) is 8.16. The number of halogens is 1. The van der Waals surface area contributed by atoms with E-state index in [-0.39, 0.29) is 11.7 Å². The van der Waals surface area contributed by atoms with Crippen molar-refractivity contribution in [3.63, 3.8) is 0 Å². The molecule has 2 heteroatoms. The number of benzene rings is 1. The van der Waals surface area contributed by atoms with E-state index in [4.69, 9.17) is 0 Å². The van der Waals surface area contributed by atoms with E-state index >= 15 is 0 Å². The van der Waals surface area contributed by atoms with E-state index in [9.17, 15) is 4.79 Å². The Morgan fingerprint density at radius 1 is 1.33 bits per heavy atom. The van der Waals surface area contributed by atoms with E-state index in [0.29, 0.717) is 6.42 Å². The molecule has 0 bridgehead atoms. The summed E-state index contributed by atoms with van der Waals surface area (Å²) in [7, 11) is 0. The first-order valence-corrected chi connectivity index (χ1v) is 5.94. The van der Waals surface area contributed by atoms with Gasteiger partial charge in [-0.15, -0.1) is 0 Å². The molecule has 0 aliphatic heterocycles. The van der Waals surface area contributed by atoms with E-state index < -0.39 is 0 Å². The van der Waals surface area contributed by atoms with Crippen LogP contribution < -0.4 is 0 Å². The topological polar surface area (TPSA) is 17.1 Å². The summed E-state index contributed by atoms with van der Waals surface area (Å²) in [6.07, 6.45) is 2.61. The Morgan fingerprint density at radius 3 is 2.80 bits per heavy atom. The van der Waals surface area contributed by atoms with Crippen LogP contribution in [0.1, 0.15) is 29.9 Å². The second-order valence-electron chi connectivity index (χ2n) is 3.90. The Labute approximate surface area is 98.3 Å². The molecule has 1 aliphatic rings. The lowest BCUT2D eigenvalue weighted by molar-refractivity contribution is -0.119. The van der Waals surface area contributed by atoms with Crippen molar-refractivity contribution >= 4 is 21.7 Å². The molecule has 0 saturated carbocycles. The number of ketones is 1. The molecular formula is C13H13BrO. The van der Waals surface area contributed by atoms with Gasteiger partial charge in [0.1, 0.15) is 5.78 Å². The maximum Gasteiger partial charge on any atom is 0.145 e. The molecule has 0 radical (unpaired) electrons. The molecule has 0 saturated heterocycles. The fraction of sp³-hybridized carbons (Fsp3) is 0.308. The van der Waals surface area contributed by atoms with Gasteiger partial charge < -0.3 is 0 Å². The molecule has 0 aromatic heterocycles. The van der Waals surface area contributed by atoms with Crippen LogP contribution in [-0.2, 0) is 11.2 Å². The van der Waals surface area contributed by atoms with E-state index in [1.165, 1.54) is 5.56 Å². The third kappa shape index (κ3) is 2.05. The Kier molecular flexibility index (Phi) is 3.06. The number of rotatable bonds is 1. The molecule has 0 spiro atoms. The first-order valence-electron chi connectivity index (χ1n) is 5.15. The molecule has 1 aromatic rings. The predicted molar refractivity (Wildman–Crippen MR) is 65.2 cm³/mol. The molecule has 0 fully saturated rings. The average Bonchev–Trinajstić information content (AvgIpc) is 2.35. The molecule has 1 aromatic carbocycles. The maximum absolute atomic E-state index is 11.9. The van der Waals surface area contributed by atoms with Crippen molar-refractivity contribution < 1.29 is 4.79 Å². The maximum atomic E-state index is 11.9. The third-order valence-corrected chi connectivity index (χ3v) is 3.33. The van der Waals surface area contributed by atoms with Crippen molar-refractivity contribution in [2.24, 2.45) is 0 Å². The van der Waals surface area contributed by atoms with E-state index in [2.05, 4.69) is 28.6 Å². The molecule has 0 amide bonds. The molecule has 0 heterocycles. The molecule has 0 unspecified atom stereocenters. The number of hydrogen-bond acceptors (Lipinski definition) is 1. The highest BCUT2D eigenvalue weighted by Crippen LogP contribution is 2.34. The van der Waals surface area contributed by atoms with Crippen LogP contribution in [0.15, 0.2) is 35.3 Å². The van der Waals surface area contributed by atoms with Crippen LogP contribution in [-0.4, -0.2) is 5.78 Å². The van der Waals surface area contributed by atoms with Gasteiger partial charge in [0.2, 0.25) is 0 Å². The summed E-state index contributed by atoms with van der Waals surface area (Å²) >= 11 is 3.37. The lowest BCUT2D eigenvalue weighted by Gasteiger charge is -2.14. The van der Waals surface area contributed by atoms with E-state index in [1.54, 1.807) is 0 Å². The Morgan fingerprint density at radius 2 is 2.07 bits per heavy atom. The van der Waals surface area contributed by atoms with Gasteiger partial charge in [-0.3, -0.25) is 4.79 Å². The first-order chi connectivity index (χ1) is 7.20. The number of allylic oxidation sites excluding steroid dienone is 1. The number of carbonyl (C=O) groups is 1. The third-order valence-electron chi connectivity index (χ3n) is 2.87. The van der Waals surface area contributed by atoms with Gasteiger partial charge in [-0.1, -0.05) is 46.8 Å². The van der Waals surface area contributed by atoms with Gasteiger partial charge in [0, 0.05) is 10.9 Å². The largest absolute Gasteiger partial charge is 0.299 e. The zero-order valence-electron chi connectivity index (χ0n) is 8.50. The summed E-state index contributed by atoms with van der Waals surface area (Å²) in [6.45, 7) is 3.87. The number of carbonyl (C=O) groups excluding carboxylic acids is 1. The van der Waals surface area contributed by atoms with Crippen molar-refractivity contribution in [1.82, 2.24) is 0 Å². The minimum absolute atomic E-state index is 0.149. The first kappa shape index (κ1) is 10.6. The molecule has 1 atom stereocenters. The van der Waals surface area contributed by atoms with Crippen molar-refractivity contribution in [3.8, 4) is 0 Å². The van der Waals surface area contributed by atoms with Gasteiger partial charge >= 0.3 is 0 Å². The number of fused-ring (bicyclic) bond motifs is 1. The highest BCUT2D eigenvalue weighted by molar-refractivity contribution is 9.11. The van der Waals surface area contributed by atoms with Crippen molar-refractivity contribution in [3.05, 3.63) is 46.5 Å². The average molecular weight is 265 g/mol. The van der Waals surface area contributed by atoms with Gasteiger partial charge in [0.25, 0.3) is 0 Å². The predicted octanol–water partition coefficient (Wildman–Crippen LogP) is 3.58. The molecule has 1 aliphatic carbocycles. The zero-order valence-corrected chi connectivity index (χ0v) is 10.1. The molecular weight excluding hydrogens is 252 g/mol. The molecule has 1 nitrogen and oxygen atoms in total. The summed E-state index contributed by atoms with van der Waals surface area (Å²) < 4.78 is 0.779. The smallest absolute Gasteiger partial charge is 0.145 e. The normalized spacial score (nSPS) is 20.6. The van der Waals surface area contributed by atoms with E-state index in [1.807, 2.05) is 18.2 Å². The van der Waals surface area contributed by atoms with Crippen molar-refractivity contribution in [1.29, 1.82) is 0 Å². The van der Waals surface area contributed by atoms with Crippen LogP contribution in [0.25, 0.3) is 0 Å². The van der Waals surface area contributed by atoms with E-state index in [0.717, 1.165) is 22.9 Å². The second kappa shape index (κ2) is 4.31. The fourth-order valence-electron chi connectivity index (χ4n) is 2.16. The van der Waals surface area contributed by atoms with Crippen LogP contribution in [0.5, 0.6) is 0 Å². The Bertz CT molecular complexity index is 409. The van der Waals surface area contributed by atoms with Gasteiger partial charge in [0.15, 0.2) is 0 Å². The molecule has 2 rings (SSSR count). The lowest BCUT2D eigenvalue weighted by atomic mass is 9.92. The summed E-state index contributed by atoms with van der Waals surface area (Å²) in [5.74, 6) is 0.130. The number of hydrogen-bond donors (Lipinski definition) is 0. The van der Waals surface area contributed by atoms with Crippen LogP contribution >= 0.6 is 15.9 Å².